The summed E-state index contributed by atoms with van der Waals surface area (Å²) in [6, 6.07) is 0. The number of carbonyl (C=O) groups is 2. The van der Waals surface area contributed by atoms with E-state index in [0.29, 0.717) is 0 Å². The van der Waals surface area contributed by atoms with Crippen molar-refractivity contribution >= 4 is 48.4 Å². The Morgan fingerprint density at radius 3 is 2.77 bits per heavy atom. The summed E-state index contributed by atoms with van der Waals surface area (Å²) in [5.74, 6) is -0.265. The molecule has 1 N–H and O–H groups in total. The SMILES string of the molecule is COC(=O)C[CH]=[SnH][C]1(C(=O)O)CS1. The molecule has 1 aliphatic heterocycles. The van der Waals surface area contributed by atoms with Crippen molar-refractivity contribution in [2.24, 2.45) is 0 Å². The molecule has 72 valence electrons. The summed E-state index contributed by atoms with van der Waals surface area (Å²) in [5, 5.41) is 8.82. The molecule has 1 fully saturated rings. The molecule has 0 spiro atoms. The van der Waals surface area contributed by atoms with E-state index in [4.69, 9.17) is 5.11 Å². The van der Waals surface area contributed by atoms with Gasteiger partial charge in [-0.2, -0.15) is 0 Å². The number of aliphatic carboxylic acids is 1. The van der Waals surface area contributed by atoms with Crippen molar-refractivity contribution in [2.75, 3.05) is 12.9 Å². The molecule has 0 amide bonds. The molecule has 1 rings (SSSR count). The fourth-order valence-electron chi connectivity index (χ4n) is 0.798. The van der Waals surface area contributed by atoms with Gasteiger partial charge < -0.3 is 0 Å². The van der Waals surface area contributed by atoms with Gasteiger partial charge in [-0.15, -0.1) is 0 Å². The van der Waals surface area contributed by atoms with Gasteiger partial charge in [0.15, 0.2) is 0 Å². The molecule has 1 heterocycles. The first-order chi connectivity index (χ1) is 6.10. The minimum atomic E-state index is -1.27. The van der Waals surface area contributed by atoms with Crippen LogP contribution < -0.4 is 0 Å². The fourth-order valence-corrected chi connectivity index (χ4v) is 6.78. The van der Waals surface area contributed by atoms with E-state index in [2.05, 4.69) is 4.74 Å². The van der Waals surface area contributed by atoms with Gasteiger partial charge >= 0.3 is 89.9 Å². The average molecular weight is 309 g/mol. The molecule has 1 aliphatic rings. The van der Waals surface area contributed by atoms with E-state index in [1.165, 1.54) is 18.9 Å². The molecule has 1 saturated heterocycles. The van der Waals surface area contributed by atoms with Crippen molar-refractivity contribution in [2.45, 2.75) is 9.18 Å². The van der Waals surface area contributed by atoms with Crippen LogP contribution in [0.15, 0.2) is 0 Å². The topological polar surface area (TPSA) is 63.6 Å². The van der Waals surface area contributed by atoms with Crippen molar-refractivity contribution in [3.05, 3.63) is 0 Å². The Hall–Kier alpha value is -0.0413. The van der Waals surface area contributed by atoms with Crippen molar-refractivity contribution in [1.29, 1.82) is 0 Å². The second-order valence-electron chi connectivity index (χ2n) is 2.67. The maximum absolute atomic E-state index is 10.7. The van der Waals surface area contributed by atoms with Crippen LogP contribution in [-0.4, -0.2) is 57.4 Å². The van der Waals surface area contributed by atoms with Gasteiger partial charge in [-0.25, -0.2) is 0 Å². The Labute approximate surface area is 89.7 Å². The van der Waals surface area contributed by atoms with E-state index >= 15 is 0 Å². The number of esters is 1. The summed E-state index contributed by atoms with van der Waals surface area (Å²) in [7, 11) is 1.34. The molecular weight excluding hydrogens is 299 g/mol. The summed E-state index contributed by atoms with van der Waals surface area (Å²) in [6.45, 7) is 0. The molecule has 4 nitrogen and oxygen atoms in total. The van der Waals surface area contributed by atoms with E-state index in [1.54, 1.807) is 0 Å². The number of carbonyl (C=O) groups excluding carboxylic acids is 1. The second-order valence-corrected chi connectivity index (χ2v) is 10.3. The maximum atomic E-state index is 10.7. The van der Waals surface area contributed by atoms with Crippen molar-refractivity contribution in [1.82, 2.24) is 0 Å². The van der Waals surface area contributed by atoms with Crippen LogP contribution >= 0.6 is 11.8 Å². The molecular formula is C7H10O4SSn. The number of ether oxygens (including phenoxy) is 1. The number of thioether (sulfide) groups is 1. The third kappa shape index (κ3) is 2.98. The van der Waals surface area contributed by atoms with Gasteiger partial charge in [-0.3, -0.25) is 0 Å². The Balaban J connectivity index is 2.40. The molecule has 1 atom stereocenters. The zero-order valence-electron chi connectivity index (χ0n) is 7.15. The predicted octanol–water partition coefficient (Wildman–Crippen LogP) is -0.684. The van der Waals surface area contributed by atoms with Gasteiger partial charge in [0.2, 0.25) is 0 Å². The minimum absolute atomic E-state index is 0.271. The number of hydrogen-bond acceptors (Lipinski definition) is 4. The van der Waals surface area contributed by atoms with Crippen LogP contribution in [0.25, 0.3) is 0 Å². The Morgan fingerprint density at radius 1 is 1.77 bits per heavy atom. The van der Waals surface area contributed by atoms with Gasteiger partial charge in [-0.1, -0.05) is 0 Å². The normalized spacial score (nSPS) is 25.9. The van der Waals surface area contributed by atoms with E-state index < -0.39 is 29.4 Å². The molecule has 1 unspecified atom stereocenters. The van der Waals surface area contributed by atoms with E-state index in [9.17, 15) is 9.59 Å². The van der Waals surface area contributed by atoms with Crippen molar-refractivity contribution in [3.8, 4) is 0 Å². The van der Waals surface area contributed by atoms with Gasteiger partial charge in [0, 0.05) is 0 Å². The first-order valence-corrected chi connectivity index (χ1v) is 8.26. The molecule has 0 aliphatic carbocycles. The number of carboxylic acid groups (broad SMARTS) is 1. The zero-order chi connectivity index (χ0) is 9.90. The second kappa shape index (κ2) is 4.45. The molecule has 6 heteroatoms. The molecule has 0 aromatic carbocycles. The first kappa shape index (κ1) is 11.0. The van der Waals surface area contributed by atoms with Crippen LogP contribution in [0.4, 0.5) is 0 Å². The predicted molar refractivity (Wildman–Crippen MR) is 52.7 cm³/mol. The summed E-state index contributed by atoms with van der Waals surface area (Å²) >= 11 is 0.215. The van der Waals surface area contributed by atoms with Gasteiger partial charge in [0.1, 0.15) is 0 Å². The average Bonchev–Trinajstić information content (AvgIpc) is 2.85. The van der Waals surface area contributed by atoms with Crippen molar-refractivity contribution < 1.29 is 19.4 Å². The third-order valence-corrected chi connectivity index (χ3v) is 10.2. The number of carboxylic acids is 1. The van der Waals surface area contributed by atoms with Crippen LogP contribution in [0.5, 0.6) is 0 Å². The summed E-state index contributed by atoms with van der Waals surface area (Å²) < 4.78 is 5.85. The third-order valence-electron chi connectivity index (χ3n) is 1.72. The molecule has 13 heavy (non-hydrogen) atoms. The van der Waals surface area contributed by atoms with Crippen LogP contribution in [0.1, 0.15) is 6.42 Å². The molecule has 0 bridgehead atoms. The first-order valence-electron chi connectivity index (χ1n) is 3.72. The number of hydrogen-bond donors (Lipinski definition) is 1. The van der Waals surface area contributed by atoms with Gasteiger partial charge in [-0.05, 0) is 0 Å². The van der Waals surface area contributed by atoms with Crippen LogP contribution in [-0.2, 0) is 14.3 Å². The summed E-state index contributed by atoms with van der Waals surface area (Å²) in [5.41, 5.74) is 0. The Kier molecular flexibility index (Phi) is 3.78. The zero-order valence-corrected chi connectivity index (χ0v) is 11.3. The monoisotopic (exact) mass is 310 g/mol. The molecule has 0 saturated carbocycles. The fraction of sp³-hybridized carbons (Fsp3) is 0.571. The summed E-state index contributed by atoms with van der Waals surface area (Å²) in [4.78, 5) is 21.4. The summed E-state index contributed by atoms with van der Waals surface area (Å²) in [6.07, 6.45) is 0.271. The molecule has 0 aromatic rings. The van der Waals surface area contributed by atoms with Gasteiger partial charge in [0.25, 0.3) is 0 Å². The van der Waals surface area contributed by atoms with Crippen LogP contribution in [0.3, 0.4) is 0 Å². The molecule has 0 aromatic heterocycles. The number of methoxy groups -OCH3 is 1. The van der Waals surface area contributed by atoms with E-state index in [-0.39, 0.29) is 12.4 Å². The Bertz CT molecular complexity index is 259. The number of rotatable bonds is 4. The van der Waals surface area contributed by atoms with Crippen LogP contribution in [0, 0.1) is 0 Å². The van der Waals surface area contributed by atoms with Crippen LogP contribution in [0.2, 0.25) is 0 Å². The molecule has 0 radical (unpaired) electrons. The Morgan fingerprint density at radius 2 is 2.38 bits per heavy atom. The standard InChI is InChI=1S/C4H6O2.C3H3O2S.Sn.H/c1-3-4(5)6-2;4-3(5)2-1-6-2;;/h1H,3H2,2H3;1H2,(H,4,5);;. The van der Waals surface area contributed by atoms with Gasteiger partial charge in [0.05, 0.1) is 0 Å². The van der Waals surface area contributed by atoms with Crippen molar-refractivity contribution in [3.63, 3.8) is 0 Å². The van der Waals surface area contributed by atoms with E-state index in [0.717, 1.165) is 5.75 Å². The quantitative estimate of drug-likeness (QED) is 0.423. The van der Waals surface area contributed by atoms with E-state index in [1.807, 2.05) is 4.02 Å².